The van der Waals surface area contributed by atoms with E-state index in [-0.39, 0.29) is 23.8 Å². The number of aromatic amines is 1. The van der Waals surface area contributed by atoms with Gasteiger partial charge in [-0.3, -0.25) is 9.59 Å². The fourth-order valence-electron chi connectivity index (χ4n) is 1.71. The van der Waals surface area contributed by atoms with E-state index in [9.17, 15) is 14.4 Å². The first kappa shape index (κ1) is 14.8. The third-order valence-corrected chi connectivity index (χ3v) is 3.46. The minimum atomic E-state index is -1.17. The third kappa shape index (κ3) is 3.69. The van der Waals surface area contributed by atoms with Crippen LogP contribution in [0, 0.1) is 6.92 Å². The Morgan fingerprint density at radius 1 is 1.38 bits per heavy atom. The van der Waals surface area contributed by atoms with Crippen molar-refractivity contribution in [1.29, 1.82) is 0 Å². The van der Waals surface area contributed by atoms with Gasteiger partial charge in [0.05, 0.1) is 17.1 Å². The molecule has 0 spiro atoms. The van der Waals surface area contributed by atoms with Crippen molar-refractivity contribution in [3.05, 3.63) is 39.8 Å². The Labute approximate surface area is 124 Å². The zero-order valence-corrected chi connectivity index (χ0v) is 11.9. The standard InChI is InChI=1S/C13H13N3O4S/c1-7-5-8(11(15-7)13(19)20)16-10(17)6-14-12(18)9-3-2-4-21-9/h2-5,15H,6H2,1H3,(H,14,18)(H,16,17)(H,19,20). The topological polar surface area (TPSA) is 111 Å². The van der Waals surface area contributed by atoms with Crippen molar-refractivity contribution in [2.24, 2.45) is 0 Å². The summed E-state index contributed by atoms with van der Waals surface area (Å²) in [5, 5.41) is 15.7. The van der Waals surface area contributed by atoms with E-state index in [1.165, 1.54) is 17.4 Å². The number of carboxylic acids is 1. The first-order valence-corrected chi connectivity index (χ1v) is 6.90. The van der Waals surface area contributed by atoms with Crippen molar-refractivity contribution in [1.82, 2.24) is 10.3 Å². The lowest BCUT2D eigenvalue weighted by atomic mass is 10.3. The fraction of sp³-hybridized carbons (Fsp3) is 0.154. The zero-order valence-electron chi connectivity index (χ0n) is 11.1. The summed E-state index contributed by atoms with van der Waals surface area (Å²) in [7, 11) is 0. The van der Waals surface area contributed by atoms with Crippen LogP contribution < -0.4 is 10.6 Å². The molecular formula is C13H13N3O4S. The van der Waals surface area contributed by atoms with Crippen molar-refractivity contribution in [2.75, 3.05) is 11.9 Å². The molecule has 7 nitrogen and oxygen atoms in total. The number of rotatable bonds is 5. The Kier molecular flexibility index (Phi) is 4.39. The number of hydrogen-bond donors (Lipinski definition) is 4. The van der Waals surface area contributed by atoms with E-state index in [4.69, 9.17) is 5.11 Å². The van der Waals surface area contributed by atoms with Gasteiger partial charge < -0.3 is 20.7 Å². The molecule has 0 aromatic carbocycles. The number of carboxylic acid groups (broad SMARTS) is 1. The summed E-state index contributed by atoms with van der Waals surface area (Å²) in [5.74, 6) is -2.01. The Hall–Kier alpha value is -2.61. The second-order valence-electron chi connectivity index (χ2n) is 4.25. The van der Waals surface area contributed by atoms with Gasteiger partial charge in [-0.1, -0.05) is 6.07 Å². The summed E-state index contributed by atoms with van der Waals surface area (Å²) in [5.41, 5.74) is 0.700. The van der Waals surface area contributed by atoms with Gasteiger partial charge in [-0.05, 0) is 24.4 Å². The van der Waals surface area contributed by atoms with Crippen LogP contribution in [0.15, 0.2) is 23.6 Å². The predicted octanol–water partition coefficient (Wildman–Crippen LogP) is 1.45. The fourth-order valence-corrected chi connectivity index (χ4v) is 2.35. The van der Waals surface area contributed by atoms with Crippen molar-refractivity contribution < 1.29 is 19.5 Å². The van der Waals surface area contributed by atoms with Crippen LogP contribution in [0.2, 0.25) is 0 Å². The molecule has 0 saturated heterocycles. The maximum Gasteiger partial charge on any atom is 0.354 e. The molecule has 0 fully saturated rings. The number of carbonyl (C=O) groups is 3. The lowest BCUT2D eigenvalue weighted by molar-refractivity contribution is -0.115. The van der Waals surface area contributed by atoms with Gasteiger partial charge in [-0.15, -0.1) is 11.3 Å². The predicted molar refractivity (Wildman–Crippen MR) is 77.8 cm³/mol. The van der Waals surface area contributed by atoms with Crippen LogP contribution in [0.1, 0.15) is 25.9 Å². The minimum absolute atomic E-state index is 0.0922. The monoisotopic (exact) mass is 307 g/mol. The second kappa shape index (κ2) is 6.23. The van der Waals surface area contributed by atoms with Gasteiger partial charge in [0.15, 0.2) is 0 Å². The molecule has 2 rings (SSSR count). The Morgan fingerprint density at radius 3 is 2.76 bits per heavy atom. The summed E-state index contributed by atoms with van der Waals surface area (Å²) in [4.78, 5) is 37.5. The van der Waals surface area contributed by atoms with E-state index in [0.717, 1.165) is 0 Å². The molecule has 0 bridgehead atoms. The molecule has 0 aliphatic heterocycles. The molecule has 110 valence electrons. The van der Waals surface area contributed by atoms with Gasteiger partial charge in [0.25, 0.3) is 5.91 Å². The van der Waals surface area contributed by atoms with Crippen LogP contribution in [0.3, 0.4) is 0 Å². The first-order chi connectivity index (χ1) is 9.97. The van der Waals surface area contributed by atoms with Gasteiger partial charge in [0.1, 0.15) is 5.69 Å². The van der Waals surface area contributed by atoms with Crippen LogP contribution in [0.4, 0.5) is 5.69 Å². The van der Waals surface area contributed by atoms with Gasteiger partial charge in [-0.2, -0.15) is 0 Å². The molecule has 2 heterocycles. The van der Waals surface area contributed by atoms with E-state index in [2.05, 4.69) is 15.6 Å². The molecule has 0 atom stereocenters. The van der Waals surface area contributed by atoms with E-state index in [1.807, 2.05) is 0 Å². The van der Waals surface area contributed by atoms with Crippen LogP contribution in [-0.4, -0.2) is 34.4 Å². The number of amides is 2. The first-order valence-electron chi connectivity index (χ1n) is 6.02. The molecule has 0 saturated carbocycles. The van der Waals surface area contributed by atoms with Crippen molar-refractivity contribution in [3.8, 4) is 0 Å². The van der Waals surface area contributed by atoms with Crippen LogP contribution in [0.5, 0.6) is 0 Å². The molecular weight excluding hydrogens is 294 g/mol. The minimum Gasteiger partial charge on any atom is -0.477 e. The average molecular weight is 307 g/mol. The lowest BCUT2D eigenvalue weighted by Gasteiger charge is -2.05. The number of aromatic carboxylic acids is 1. The van der Waals surface area contributed by atoms with Crippen molar-refractivity contribution >= 4 is 34.8 Å². The molecule has 0 aliphatic carbocycles. The highest BCUT2D eigenvalue weighted by atomic mass is 32.1. The average Bonchev–Trinajstić information content (AvgIpc) is 3.05. The zero-order chi connectivity index (χ0) is 15.4. The van der Waals surface area contributed by atoms with Gasteiger partial charge >= 0.3 is 5.97 Å². The van der Waals surface area contributed by atoms with Crippen LogP contribution in [0.25, 0.3) is 0 Å². The molecule has 0 aliphatic rings. The van der Waals surface area contributed by atoms with Gasteiger partial charge in [0.2, 0.25) is 5.91 Å². The van der Waals surface area contributed by atoms with Crippen LogP contribution >= 0.6 is 11.3 Å². The molecule has 0 unspecified atom stereocenters. The number of aromatic nitrogens is 1. The number of hydrogen-bond acceptors (Lipinski definition) is 4. The highest BCUT2D eigenvalue weighted by molar-refractivity contribution is 7.12. The number of aryl methyl sites for hydroxylation is 1. The van der Waals surface area contributed by atoms with E-state index in [0.29, 0.717) is 10.6 Å². The largest absolute Gasteiger partial charge is 0.477 e. The SMILES string of the molecule is Cc1cc(NC(=O)CNC(=O)c2cccs2)c(C(=O)O)[nH]1. The quantitative estimate of drug-likeness (QED) is 0.670. The van der Waals surface area contributed by atoms with Crippen LogP contribution in [-0.2, 0) is 4.79 Å². The summed E-state index contributed by atoms with van der Waals surface area (Å²) < 4.78 is 0. The lowest BCUT2D eigenvalue weighted by Crippen LogP contribution is -2.32. The number of thiophene rings is 1. The third-order valence-electron chi connectivity index (χ3n) is 2.59. The van der Waals surface area contributed by atoms with E-state index in [1.54, 1.807) is 24.4 Å². The number of H-pyrrole nitrogens is 1. The molecule has 2 amide bonds. The van der Waals surface area contributed by atoms with Crippen molar-refractivity contribution in [3.63, 3.8) is 0 Å². The smallest absolute Gasteiger partial charge is 0.354 e. The Balaban J connectivity index is 1.93. The molecule has 4 N–H and O–H groups in total. The molecule has 2 aromatic rings. The molecule has 21 heavy (non-hydrogen) atoms. The Bertz CT molecular complexity index is 676. The number of carbonyl (C=O) groups excluding carboxylic acids is 2. The summed E-state index contributed by atoms with van der Waals surface area (Å²) in [6, 6.07) is 4.90. The molecule has 2 aromatic heterocycles. The van der Waals surface area contributed by atoms with Gasteiger partial charge in [0, 0.05) is 5.69 Å². The Morgan fingerprint density at radius 2 is 2.14 bits per heavy atom. The summed E-state index contributed by atoms with van der Waals surface area (Å²) in [6.45, 7) is 1.45. The van der Waals surface area contributed by atoms with E-state index < -0.39 is 11.9 Å². The maximum absolute atomic E-state index is 11.7. The summed E-state index contributed by atoms with van der Waals surface area (Å²) >= 11 is 1.27. The van der Waals surface area contributed by atoms with Crippen molar-refractivity contribution in [2.45, 2.75) is 6.92 Å². The van der Waals surface area contributed by atoms with Gasteiger partial charge in [-0.25, -0.2) is 4.79 Å². The normalized spacial score (nSPS) is 10.1. The van der Waals surface area contributed by atoms with E-state index >= 15 is 0 Å². The molecule has 0 radical (unpaired) electrons. The summed E-state index contributed by atoms with van der Waals surface area (Å²) in [6.07, 6.45) is 0. The molecule has 8 heteroatoms. The highest BCUT2D eigenvalue weighted by Gasteiger charge is 2.16. The highest BCUT2D eigenvalue weighted by Crippen LogP contribution is 2.16. The number of anilines is 1. The second-order valence-corrected chi connectivity index (χ2v) is 5.20. The number of nitrogens with one attached hydrogen (secondary N) is 3. The maximum atomic E-state index is 11.7.